The molecule has 0 bridgehead atoms. The van der Waals surface area contributed by atoms with Crippen molar-refractivity contribution < 1.29 is 0 Å². The van der Waals surface area contributed by atoms with E-state index in [-0.39, 0.29) is 5.41 Å². The molecule has 0 aliphatic heterocycles. The highest BCUT2D eigenvalue weighted by Gasteiger charge is 2.16. The number of hydrogen-bond acceptors (Lipinski definition) is 3. The summed E-state index contributed by atoms with van der Waals surface area (Å²) in [5, 5.41) is 3.33. The van der Waals surface area contributed by atoms with Gasteiger partial charge in [-0.15, -0.1) is 0 Å². The summed E-state index contributed by atoms with van der Waals surface area (Å²) in [5.41, 5.74) is 2.58. The molecule has 0 amide bonds. The van der Waals surface area contributed by atoms with Crippen molar-refractivity contribution in [2.24, 2.45) is 5.41 Å². The van der Waals surface area contributed by atoms with Gasteiger partial charge in [-0.05, 0) is 25.7 Å². The number of rotatable bonds is 4. The van der Waals surface area contributed by atoms with Crippen LogP contribution >= 0.6 is 0 Å². The van der Waals surface area contributed by atoms with Gasteiger partial charge in [-0.25, -0.2) is 9.97 Å². The Morgan fingerprint density at radius 1 is 1.12 bits per heavy atom. The number of anilines is 1. The third-order valence-corrected chi connectivity index (χ3v) is 2.66. The van der Waals surface area contributed by atoms with E-state index in [0.717, 1.165) is 36.7 Å². The van der Waals surface area contributed by atoms with Gasteiger partial charge < -0.3 is 5.32 Å². The predicted molar refractivity (Wildman–Crippen MR) is 73.5 cm³/mol. The molecule has 3 nitrogen and oxygen atoms in total. The molecule has 1 aromatic rings. The summed E-state index contributed by atoms with van der Waals surface area (Å²) in [6, 6.07) is 0. The molecule has 0 aliphatic carbocycles. The van der Waals surface area contributed by atoms with E-state index in [1.165, 1.54) is 5.56 Å². The molecular formula is C14H25N3. The quantitative estimate of drug-likeness (QED) is 0.869. The van der Waals surface area contributed by atoms with Crippen LogP contribution in [0.1, 0.15) is 51.7 Å². The maximum atomic E-state index is 4.67. The molecule has 3 heteroatoms. The second kappa shape index (κ2) is 5.48. The minimum atomic E-state index is 0.226. The van der Waals surface area contributed by atoms with Crippen LogP contribution < -0.4 is 5.32 Å². The van der Waals surface area contributed by atoms with Crippen molar-refractivity contribution in [2.45, 2.75) is 54.4 Å². The van der Waals surface area contributed by atoms with Gasteiger partial charge in [-0.1, -0.05) is 27.7 Å². The number of aromatic nitrogens is 2. The summed E-state index contributed by atoms with van der Waals surface area (Å²) in [5.74, 6) is 1.95. The number of hydrogen-bond donors (Lipinski definition) is 1. The molecular weight excluding hydrogens is 210 g/mol. The summed E-state index contributed by atoms with van der Waals surface area (Å²) >= 11 is 0. The van der Waals surface area contributed by atoms with Gasteiger partial charge in [0.2, 0.25) is 0 Å². The first kappa shape index (κ1) is 13.9. The van der Waals surface area contributed by atoms with Gasteiger partial charge >= 0.3 is 0 Å². The first-order valence-electron chi connectivity index (χ1n) is 6.47. The normalized spacial score (nSPS) is 11.6. The van der Waals surface area contributed by atoms with Crippen molar-refractivity contribution in [3.8, 4) is 0 Å². The van der Waals surface area contributed by atoms with E-state index in [1.54, 1.807) is 0 Å². The summed E-state index contributed by atoms with van der Waals surface area (Å²) in [4.78, 5) is 9.30. The Hall–Kier alpha value is -1.12. The SMILES string of the molecule is CCNc1nc(CC(C)(C)C)nc(CC)c1C. The Kier molecular flexibility index (Phi) is 4.49. The molecule has 0 atom stereocenters. The molecule has 0 spiro atoms. The summed E-state index contributed by atoms with van der Waals surface area (Å²) in [7, 11) is 0. The first-order valence-corrected chi connectivity index (χ1v) is 6.47. The Morgan fingerprint density at radius 3 is 2.24 bits per heavy atom. The third kappa shape index (κ3) is 3.99. The van der Waals surface area contributed by atoms with Crippen molar-refractivity contribution in [3.63, 3.8) is 0 Å². The van der Waals surface area contributed by atoms with Gasteiger partial charge in [-0.2, -0.15) is 0 Å². The molecule has 0 saturated heterocycles. The van der Waals surface area contributed by atoms with E-state index in [0.29, 0.717) is 0 Å². The van der Waals surface area contributed by atoms with Crippen molar-refractivity contribution in [1.29, 1.82) is 0 Å². The molecule has 0 unspecified atom stereocenters. The standard InChI is InChI=1S/C14H25N3/c1-7-11-10(3)13(15-8-2)17-12(16-11)9-14(4,5)6/h7-9H2,1-6H3,(H,15,16,17). The molecule has 1 rings (SSSR count). The summed E-state index contributed by atoms with van der Waals surface area (Å²) in [6.45, 7) is 13.9. The van der Waals surface area contributed by atoms with E-state index < -0.39 is 0 Å². The fraction of sp³-hybridized carbons (Fsp3) is 0.714. The van der Waals surface area contributed by atoms with Gasteiger partial charge in [-0.3, -0.25) is 0 Å². The highest BCUT2D eigenvalue weighted by molar-refractivity contribution is 5.45. The lowest BCUT2D eigenvalue weighted by Crippen LogP contribution is -2.15. The summed E-state index contributed by atoms with van der Waals surface area (Å²) < 4.78 is 0. The minimum Gasteiger partial charge on any atom is -0.370 e. The van der Waals surface area contributed by atoms with E-state index >= 15 is 0 Å². The highest BCUT2D eigenvalue weighted by atomic mass is 15.0. The van der Waals surface area contributed by atoms with Crippen LogP contribution in [0.4, 0.5) is 5.82 Å². The topological polar surface area (TPSA) is 37.8 Å². The molecule has 0 fully saturated rings. The predicted octanol–water partition coefficient (Wildman–Crippen LogP) is 3.37. The monoisotopic (exact) mass is 235 g/mol. The van der Waals surface area contributed by atoms with Crippen molar-refractivity contribution >= 4 is 5.82 Å². The largest absolute Gasteiger partial charge is 0.370 e. The van der Waals surface area contributed by atoms with Crippen molar-refractivity contribution in [2.75, 3.05) is 11.9 Å². The van der Waals surface area contributed by atoms with Crippen molar-refractivity contribution in [3.05, 3.63) is 17.1 Å². The maximum Gasteiger partial charge on any atom is 0.132 e. The fourth-order valence-electron chi connectivity index (χ4n) is 1.85. The molecule has 0 aromatic carbocycles. The molecule has 0 saturated carbocycles. The molecule has 1 aromatic heterocycles. The van der Waals surface area contributed by atoms with Gasteiger partial charge in [0.1, 0.15) is 11.6 Å². The smallest absolute Gasteiger partial charge is 0.132 e. The van der Waals surface area contributed by atoms with Crippen LogP contribution in [-0.2, 0) is 12.8 Å². The lowest BCUT2D eigenvalue weighted by atomic mass is 9.92. The van der Waals surface area contributed by atoms with Crippen LogP contribution in [0.3, 0.4) is 0 Å². The molecule has 1 heterocycles. The van der Waals surface area contributed by atoms with E-state index in [1.807, 2.05) is 0 Å². The van der Waals surface area contributed by atoms with E-state index in [9.17, 15) is 0 Å². The second-order valence-electron chi connectivity index (χ2n) is 5.68. The maximum absolute atomic E-state index is 4.67. The number of aryl methyl sites for hydroxylation is 1. The minimum absolute atomic E-state index is 0.226. The van der Waals surface area contributed by atoms with Gasteiger partial charge in [0.25, 0.3) is 0 Å². The Labute approximate surface area is 105 Å². The number of nitrogens with one attached hydrogen (secondary N) is 1. The van der Waals surface area contributed by atoms with Crippen LogP contribution in [-0.4, -0.2) is 16.5 Å². The van der Waals surface area contributed by atoms with Gasteiger partial charge in [0, 0.05) is 24.2 Å². The van der Waals surface area contributed by atoms with Gasteiger partial charge in [0.15, 0.2) is 0 Å². The zero-order chi connectivity index (χ0) is 13.1. The van der Waals surface area contributed by atoms with Crippen molar-refractivity contribution in [1.82, 2.24) is 9.97 Å². The Morgan fingerprint density at radius 2 is 1.76 bits per heavy atom. The van der Waals surface area contributed by atoms with Crippen LogP contribution in [0.2, 0.25) is 0 Å². The Bertz CT molecular complexity index is 378. The van der Waals surface area contributed by atoms with Gasteiger partial charge in [0.05, 0.1) is 0 Å². The zero-order valence-corrected chi connectivity index (χ0v) is 12.0. The first-order chi connectivity index (χ1) is 7.87. The fourth-order valence-corrected chi connectivity index (χ4v) is 1.85. The van der Waals surface area contributed by atoms with Crippen LogP contribution in [0, 0.1) is 12.3 Å². The Balaban J connectivity index is 3.11. The lowest BCUT2D eigenvalue weighted by molar-refractivity contribution is 0.400. The van der Waals surface area contributed by atoms with Crippen LogP contribution in [0.15, 0.2) is 0 Å². The van der Waals surface area contributed by atoms with E-state index in [4.69, 9.17) is 0 Å². The zero-order valence-electron chi connectivity index (χ0n) is 12.0. The van der Waals surface area contributed by atoms with E-state index in [2.05, 4.69) is 56.8 Å². The summed E-state index contributed by atoms with van der Waals surface area (Å²) in [6.07, 6.45) is 1.88. The second-order valence-corrected chi connectivity index (χ2v) is 5.68. The molecule has 17 heavy (non-hydrogen) atoms. The lowest BCUT2D eigenvalue weighted by Gasteiger charge is -2.19. The highest BCUT2D eigenvalue weighted by Crippen LogP contribution is 2.22. The van der Waals surface area contributed by atoms with Crippen LogP contribution in [0.5, 0.6) is 0 Å². The number of nitrogens with zero attached hydrogens (tertiary/aromatic N) is 2. The molecule has 0 aliphatic rings. The average Bonchev–Trinajstić information content (AvgIpc) is 2.20. The molecule has 96 valence electrons. The molecule has 0 radical (unpaired) electrons. The molecule has 1 N–H and O–H groups in total. The van der Waals surface area contributed by atoms with Crippen LogP contribution in [0.25, 0.3) is 0 Å². The third-order valence-electron chi connectivity index (χ3n) is 2.66. The average molecular weight is 235 g/mol.